The molecule has 0 saturated heterocycles. The number of thioether (sulfide) groups is 1. The molecule has 0 aromatic heterocycles. The SMILES string of the molecule is CCc1ccccc1O[C@H](C)C(=O)NCCSCc1ccccc1Cl. The lowest BCUT2D eigenvalue weighted by Crippen LogP contribution is -2.37. The van der Waals surface area contributed by atoms with Crippen LogP contribution in [0.3, 0.4) is 0 Å². The summed E-state index contributed by atoms with van der Waals surface area (Å²) in [5.74, 6) is 2.35. The minimum Gasteiger partial charge on any atom is -0.481 e. The molecule has 0 aliphatic rings. The van der Waals surface area contributed by atoms with Gasteiger partial charge >= 0.3 is 0 Å². The van der Waals surface area contributed by atoms with Gasteiger partial charge in [-0.25, -0.2) is 0 Å². The van der Waals surface area contributed by atoms with E-state index in [0.717, 1.165) is 39.8 Å². The molecule has 134 valence electrons. The van der Waals surface area contributed by atoms with Crippen molar-refractivity contribution in [3.63, 3.8) is 0 Å². The van der Waals surface area contributed by atoms with Gasteiger partial charge in [-0.2, -0.15) is 11.8 Å². The molecule has 0 fully saturated rings. The first kappa shape index (κ1) is 19.7. The fourth-order valence-electron chi connectivity index (χ4n) is 2.34. The quantitative estimate of drug-likeness (QED) is 0.642. The van der Waals surface area contributed by atoms with E-state index in [9.17, 15) is 4.79 Å². The molecule has 0 saturated carbocycles. The van der Waals surface area contributed by atoms with Crippen molar-refractivity contribution in [2.24, 2.45) is 0 Å². The molecule has 0 aliphatic carbocycles. The van der Waals surface area contributed by atoms with Crippen LogP contribution in [0.2, 0.25) is 5.02 Å². The monoisotopic (exact) mass is 377 g/mol. The Hall–Kier alpha value is -1.65. The fraction of sp³-hybridized carbons (Fsp3) is 0.350. The lowest BCUT2D eigenvalue weighted by Gasteiger charge is -2.16. The lowest BCUT2D eigenvalue weighted by molar-refractivity contribution is -0.127. The zero-order valence-corrected chi connectivity index (χ0v) is 16.2. The Morgan fingerprint density at radius 2 is 1.84 bits per heavy atom. The van der Waals surface area contributed by atoms with Gasteiger partial charge in [-0.3, -0.25) is 4.79 Å². The molecule has 0 heterocycles. The van der Waals surface area contributed by atoms with E-state index in [1.54, 1.807) is 18.7 Å². The van der Waals surface area contributed by atoms with E-state index in [1.807, 2.05) is 48.5 Å². The van der Waals surface area contributed by atoms with Crippen LogP contribution in [0.15, 0.2) is 48.5 Å². The van der Waals surface area contributed by atoms with Gasteiger partial charge < -0.3 is 10.1 Å². The maximum atomic E-state index is 12.2. The second-order valence-corrected chi connectivity index (χ2v) is 7.17. The maximum absolute atomic E-state index is 12.2. The smallest absolute Gasteiger partial charge is 0.260 e. The number of carbonyl (C=O) groups is 1. The highest BCUT2D eigenvalue weighted by Crippen LogP contribution is 2.21. The first-order valence-corrected chi connectivity index (χ1v) is 9.98. The number of para-hydroxylation sites is 1. The number of ether oxygens (including phenoxy) is 1. The molecule has 2 aromatic carbocycles. The zero-order valence-electron chi connectivity index (χ0n) is 14.6. The van der Waals surface area contributed by atoms with Gasteiger partial charge in [0.2, 0.25) is 0 Å². The molecule has 2 rings (SSSR count). The van der Waals surface area contributed by atoms with Crippen molar-refractivity contribution in [2.45, 2.75) is 32.1 Å². The highest BCUT2D eigenvalue weighted by atomic mass is 35.5. The number of halogens is 1. The Morgan fingerprint density at radius 3 is 2.56 bits per heavy atom. The number of benzene rings is 2. The van der Waals surface area contributed by atoms with Crippen LogP contribution >= 0.6 is 23.4 Å². The fourth-order valence-corrected chi connectivity index (χ4v) is 3.49. The Morgan fingerprint density at radius 1 is 1.16 bits per heavy atom. The summed E-state index contributed by atoms with van der Waals surface area (Å²) in [6.45, 7) is 4.46. The normalized spacial score (nSPS) is 11.8. The van der Waals surface area contributed by atoms with Gasteiger partial charge in [0.05, 0.1) is 0 Å². The van der Waals surface area contributed by atoms with Crippen molar-refractivity contribution in [1.29, 1.82) is 0 Å². The van der Waals surface area contributed by atoms with Crippen LogP contribution in [0, 0.1) is 0 Å². The summed E-state index contributed by atoms with van der Waals surface area (Å²) in [6.07, 6.45) is 0.365. The number of carbonyl (C=O) groups excluding carboxylic acids is 1. The standard InChI is InChI=1S/C20H24ClNO2S/c1-3-16-8-5-7-11-19(16)24-15(2)20(23)22-12-13-25-14-17-9-4-6-10-18(17)21/h4-11,15H,3,12-14H2,1-2H3,(H,22,23)/t15-/m1/s1. The number of hydrogen-bond acceptors (Lipinski definition) is 3. The summed E-state index contributed by atoms with van der Waals surface area (Å²) < 4.78 is 5.80. The van der Waals surface area contributed by atoms with Crippen LogP contribution in [-0.2, 0) is 17.0 Å². The third-order valence-electron chi connectivity index (χ3n) is 3.79. The van der Waals surface area contributed by atoms with E-state index in [1.165, 1.54) is 0 Å². The van der Waals surface area contributed by atoms with Crippen LogP contribution < -0.4 is 10.1 Å². The highest BCUT2D eigenvalue weighted by Gasteiger charge is 2.15. The third-order valence-corrected chi connectivity index (χ3v) is 5.16. The van der Waals surface area contributed by atoms with Gasteiger partial charge in [-0.1, -0.05) is 54.9 Å². The molecule has 0 radical (unpaired) electrons. The Labute approximate surface area is 159 Å². The van der Waals surface area contributed by atoms with Crippen molar-refractivity contribution in [2.75, 3.05) is 12.3 Å². The molecule has 0 spiro atoms. The largest absolute Gasteiger partial charge is 0.481 e. The Balaban J connectivity index is 1.70. The number of amides is 1. The first-order valence-electron chi connectivity index (χ1n) is 8.45. The van der Waals surface area contributed by atoms with E-state index in [0.29, 0.717) is 6.54 Å². The van der Waals surface area contributed by atoms with Gasteiger partial charge in [0, 0.05) is 23.1 Å². The number of aryl methyl sites for hydroxylation is 1. The summed E-state index contributed by atoms with van der Waals surface area (Å²) >= 11 is 7.88. The Kier molecular flexibility index (Phi) is 8.16. The third kappa shape index (κ3) is 6.29. The van der Waals surface area contributed by atoms with Gasteiger partial charge in [0.1, 0.15) is 5.75 Å². The average molecular weight is 378 g/mol. The van der Waals surface area contributed by atoms with Gasteiger partial charge in [0.15, 0.2) is 6.10 Å². The average Bonchev–Trinajstić information content (AvgIpc) is 2.63. The van der Waals surface area contributed by atoms with Gasteiger partial charge in [-0.05, 0) is 36.6 Å². The van der Waals surface area contributed by atoms with Crippen molar-refractivity contribution in [1.82, 2.24) is 5.32 Å². The van der Waals surface area contributed by atoms with Gasteiger partial charge in [0.25, 0.3) is 5.91 Å². The van der Waals surface area contributed by atoms with E-state index in [-0.39, 0.29) is 5.91 Å². The van der Waals surface area contributed by atoms with Gasteiger partial charge in [-0.15, -0.1) is 0 Å². The van der Waals surface area contributed by atoms with E-state index in [2.05, 4.69) is 12.2 Å². The number of rotatable bonds is 9. The molecule has 25 heavy (non-hydrogen) atoms. The molecule has 3 nitrogen and oxygen atoms in total. The molecule has 1 amide bonds. The molecule has 0 unspecified atom stereocenters. The summed E-state index contributed by atoms with van der Waals surface area (Å²) in [5.41, 5.74) is 2.23. The van der Waals surface area contributed by atoms with E-state index < -0.39 is 6.10 Å². The summed E-state index contributed by atoms with van der Waals surface area (Å²) in [6, 6.07) is 15.7. The van der Waals surface area contributed by atoms with Crippen LogP contribution in [0.5, 0.6) is 5.75 Å². The first-order chi connectivity index (χ1) is 12.1. The molecule has 1 N–H and O–H groups in total. The second-order valence-electron chi connectivity index (χ2n) is 5.66. The van der Waals surface area contributed by atoms with Crippen molar-refractivity contribution >= 4 is 29.3 Å². The molecule has 0 aliphatic heterocycles. The minimum absolute atomic E-state index is 0.0933. The summed E-state index contributed by atoms with van der Waals surface area (Å²) in [7, 11) is 0. The Bertz CT molecular complexity index is 693. The molecule has 5 heteroatoms. The lowest BCUT2D eigenvalue weighted by atomic mass is 10.1. The van der Waals surface area contributed by atoms with Crippen LogP contribution in [0.4, 0.5) is 0 Å². The maximum Gasteiger partial charge on any atom is 0.260 e. The summed E-state index contributed by atoms with van der Waals surface area (Å²) in [4.78, 5) is 12.2. The second kappa shape index (κ2) is 10.4. The minimum atomic E-state index is -0.513. The molecule has 2 aromatic rings. The predicted octanol–water partition coefficient (Wildman–Crippen LogP) is 4.72. The van der Waals surface area contributed by atoms with Crippen LogP contribution in [-0.4, -0.2) is 24.3 Å². The van der Waals surface area contributed by atoms with Crippen molar-refractivity contribution in [3.05, 3.63) is 64.7 Å². The summed E-state index contributed by atoms with van der Waals surface area (Å²) in [5, 5.41) is 3.71. The highest BCUT2D eigenvalue weighted by molar-refractivity contribution is 7.98. The van der Waals surface area contributed by atoms with Crippen molar-refractivity contribution in [3.8, 4) is 5.75 Å². The molecular weight excluding hydrogens is 354 g/mol. The topological polar surface area (TPSA) is 38.3 Å². The molecular formula is C20H24ClNO2S. The van der Waals surface area contributed by atoms with Crippen molar-refractivity contribution < 1.29 is 9.53 Å². The molecule has 0 bridgehead atoms. The van der Waals surface area contributed by atoms with E-state index >= 15 is 0 Å². The molecule has 1 atom stereocenters. The zero-order chi connectivity index (χ0) is 18.1. The number of nitrogens with one attached hydrogen (secondary N) is 1. The predicted molar refractivity (Wildman–Crippen MR) is 107 cm³/mol. The van der Waals surface area contributed by atoms with Crippen LogP contribution in [0.25, 0.3) is 0 Å². The van der Waals surface area contributed by atoms with Crippen LogP contribution in [0.1, 0.15) is 25.0 Å². The number of hydrogen-bond donors (Lipinski definition) is 1. The van der Waals surface area contributed by atoms with E-state index in [4.69, 9.17) is 16.3 Å².